The van der Waals surface area contributed by atoms with E-state index in [0.717, 1.165) is 5.69 Å². The molecule has 1 radical (unpaired) electrons. The number of halogens is 1. The molecular formula is C6H7ClNO. The molecule has 3 heteroatoms. The van der Waals surface area contributed by atoms with Gasteiger partial charge in [-0.15, -0.1) is 0 Å². The standard InChI is InChI=1S/C6H7ClNO/c1-4(2)6-5(7)3-9-8-6/h4H,1-2H3. The van der Waals surface area contributed by atoms with Gasteiger partial charge in [0.2, 0.25) is 6.26 Å². The molecule has 0 aliphatic carbocycles. The van der Waals surface area contributed by atoms with Crippen LogP contribution in [0.3, 0.4) is 0 Å². The van der Waals surface area contributed by atoms with Gasteiger partial charge in [0.05, 0.1) is 0 Å². The summed E-state index contributed by atoms with van der Waals surface area (Å²) in [6.45, 7) is 4.00. The van der Waals surface area contributed by atoms with Crippen molar-refractivity contribution in [3.8, 4) is 0 Å². The average Bonchev–Trinajstić information content (AvgIpc) is 2.13. The molecule has 0 saturated carbocycles. The molecule has 0 fully saturated rings. The van der Waals surface area contributed by atoms with E-state index >= 15 is 0 Å². The van der Waals surface area contributed by atoms with Crippen LogP contribution in [0.15, 0.2) is 4.52 Å². The second-order valence-electron chi connectivity index (χ2n) is 2.14. The lowest BCUT2D eigenvalue weighted by atomic mass is 10.1. The van der Waals surface area contributed by atoms with E-state index in [1.807, 2.05) is 13.8 Å². The highest BCUT2D eigenvalue weighted by Crippen LogP contribution is 2.20. The van der Waals surface area contributed by atoms with E-state index in [2.05, 4.69) is 15.9 Å². The van der Waals surface area contributed by atoms with E-state index in [9.17, 15) is 0 Å². The lowest BCUT2D eigenvalue weighted by Crippen LogP contribution is -1.86. The van der Waals surface area contributed by atoms with Crippen LogP contribution in [0.1, 0.15) is 25.5 Å². The summed E-state index contributed by atoms with van der Waals surface area (Å²) in [6, 6.07) is 0. The van der Waals surface area contributed by atoms with Gasteiger partial charge >= 0.3 is 0 Å². The Labute approximate surface area is 58.8 Å². The molecule has 1 rings (SSSR count). The van der Waals surface area contributed by atoms with Gasteiger partial charge in [-0.3, -0.25) is 0 Å². The molecular weight excluding hydrogens is 138 g/mol. The summed E-state index contributed by atoms with van der Waals surface area (Å²) in [5.41, 5.74) is 0.775. The fourth-order valence-corrected chi connectivity index (χ4v) is 0.851. The zero-order chi connectivity index (χ0) is 6.85. The van der Waals surface area contributed by atoms with E-state index in [0.29, 0.717) is 10.9 Å². The molecule has 49 valence electrons. The van der Waals surface area contributed by atoms with Gasteiger partial charge < -0.3 is 4.52 Å². The van der Waals surface area contributed by atoms with Crippen molar-refractivity contribution in [2.75, 3.05) is 0 Å². The Morgan fingerprint density at radius 1 is 1.67 bits per heavy atom. The molecule has 0 saturated heterocycles. The first-order chi connectivity index (χ1) is 4.22. The molecule has 1 heterocycles. The zero-order valence-electron chi connectivity index (χ0n) is 5.31. The van der Waals surface area contributed by atoms with Gasteiger partial charge in [0.25, 0.3) is 0 Å². The minimum Gasteiger partial charge on any atom is -0.351 e. The summed E-state index contributed by atoms with van der Waals surface area (Å²) in [5.74, 6) is 0.312. The van der Waals surface area contributed by atoms with Gasteiger partial charge in [-0.2, -0.15) is 0 Å². The molecule has 1 aromatic heterocycles. The first-order valence-electron chi connectivity index (χ1n) is 2.74. The van der Waals surface area contributed by atoms with Gasteiger partial charge in [0, 0.05) is 5.92 Å². The third-order valence-corrected chi connectivity index (χ3v) is 1.32. The van der Waals surface area contributed by atoms with E-state index in [1.54, 1.807) is 0 Å². The minimum absolute atomic E-state index is 0.312. The third-order valence-electron chi connectivity index (χ3n) is 1.05. The summed E-state index contributed by atoms with van der Waals surface area (Å²) in [6.07, 6.45) is 2.43. The van der Waals surface area contributed by atoms with Crippen LogP contribution in [0.5, 0.6) is 0 Å². The van der Waals surface area contributed by atoms with Gasteiger partial charge in [0.1, 0.15) is 10.7 Å². The van der Waals surface area contributed by atoms with Crippen molar-refractivity contribution < 1.29 is 4.52 Å². The highest BCUT2D eigenvalue weighted by atomic mass is 35.5. The van der Waals surface area contributed by atoms with Crippen LogP contribution in [0.2, 0.25) is 5.02 Å². The Balaban J connectivity index is 2.94. The number of nitrogens with zero attached hydrogens (tertiary/aromatic N) is 1. The SMILES string of the molecule is CC(C)c1no[c]c1Cl. The fourth-order valence-electron chi connectivity index (χ4n) is 0.563. The Bertz CT molecular complexity index is 195. The molecule has 0 aliphatic rings. The lowest BCUT2D eigenvalue weighted by Gasteiger charge is -1.95. The maximum Gasteiger partial charge on any atom is 0.225 e. The smallest absolute Gasteiger partial charge is 0.225 e. The number of aromatic nitrogens is 1. The van der Waals surface area contributed by atoms with Crippen molar-refractivity contribution in [3.05, 3.63) is 17.0 Å². The van der Waals surface area contributed by atoms with Crippen molar-refractivity contribution in [2.45, 2.75) is 19.8 Å². The highest BCUT2D eigenvalue weighted by Gasteiger charge is 2.08. The number of hydrogen-bond acceptors (Lipinski definition) is 2. The Morgan fingerprint density at radius 3 is 2.56 bits per heavy atom. The quantitative estimate of drug-likeness (QED) is 0.604. The molecule has 0 N–H and O–H groups in total. The van der Waals surface area contributed by atoms with E-state index < -0.39 is 0 Å². The van der Waals surface area contributed by atoms with Crippen LogP contribution in [-0.4, -0.2) is 5.16 Å². The predicted molar refractivity (Wildman–Crippen MR) is 34.4 cm³/mol. The molecule has 2 nitrogen and oxygen atoms in total. The number of hydrogen-bond donors (Lipinski definition) is 0. The lowest BCUT2D eigenvalue weighted by molar-refractivity contribution is 0.402. The summed E-state index contributed by atoms with van der Waals surface area (Å²) in [4.78, 5) is 0. The van der Waals surface area contributed by atoms with E-state index in [1.165, 1.54) is 0 Å². The van der Waals surface area contributed by atoms with Crippen molar-refractivity contribution in [1.82, 2.24) is 5.16 Å². The van der Waals surface area contributed by atoms with E-state index in [4.69, 9.17) is 11.6 Å². The molecule has 0 spiro atoms. The van der Waals surface area contributed by atoms with Crippen LogP contribution in [0, 0.1) is 6.26 Å². The van der Waals surface area contributed by atoms with Gasteiger partial charge in [-0.1, -0.05) is 30.6 Å². The minimum atomic E-state index is 0.312. The zero-order valence-corrected chi connectivity index (χ0v) is 6.07. The number of rotatable bonds is 1. The first kappa shape index (κ1) is 6.62. The molecule has 1 aromatic rings. The van der Waals surface area contributed by atoms with Gasteiger partial charge in [-0.25, -0.2) is 0 Å². The van der Waals surface area contributed by atoms with E-state index in [-0.39, 0.29) is 0 Å². The summed E-state index contributed by atoms with van der Waals surface area (Å²) in [7, 11) is 0. The van der Waals surface area contributed by atoms with Crippen LogP contribution in [0.25, 0.3) is 0 Å². The van der Waals surface area contributed by atoms with Crippen LogP contribution in [0.4, 0.5) is 0 Å². The Hall–Kier alpha value is -0.500. The van der Waals surface area contributed by atoms with Crippen molar-refractivity contribution in [3.63, 3.8) is 0 Å². The molecule has 0 aromatic carbocycles. The van der Waals surface area contributed by atoms with Crippen LogP contribution >= 0.6 is 11.6 Å². The predicted octanol–water partition coefficient (Wildman–Crippen LogP) is 2.25. The molecule has 0 amide bonds. The maximum atomic E-state index is 5.62. The molecule has 0 atom stereocenters. The summed E-state index contributed by atoms with van der Waals surface area (Å²) >= 11 is 5.62. The van der Waals surface area contributed by atoms with Crippen molar-refractivity contribution in [1.29, 1.82) is 0 Å². The van der Waals surface area contributed by atoms with Gasteiger partial charge in [0.15, 0.2) is 0 Å². The first-order valence-corrected chi connectivity index (χ1v) is 3.12. The largest absolute Gasteiger partial charge is 0.351 e. The molecule has 9 heavy (non-hydrogen) atoms. The Morgan fingerprint density at radius 2 is 2.33 bits per heavy atom. The monoisotopic (exact) mass is 144 g/mol. The average molecular weight is 145 g/mol. The topological polar surface area (TPSA) is 26.0 Å². The van der Waals surface area contributed by atoms with Crippen molar-refractivity contribution >= 4 is 11.6 Å². The van der Waals surface area contributed by atoms with Gasteiger partial charge in [-0.05, 0) is 0 Å². The van der Waals surface area contributed by atoms with Crippen molar-refractivity contribution in [2.24, 2.45) is 0 Å². The Kier molecular flexibility index (Phi) is 1.76. The van der Waals surface area contributed by atoms with Crippen LogP contribution < -0.4 is 0 Å². The molecule has 0 aliphatic heterocycles. The summed E-state index contributed by atoms with van der Waals surface area (Å²) < 4.78 is 4.50. The second kappa shape index (κ2) is 2.40. The third kappa shape index (κ3) is 1.24. The summed E-state index contributed by atoms with van der Waals surface area (Å²) in [5, 5.41) is 4.14. The van der Waals surface area contributed by atoms with Crippen LogP contribution in [-0.2, 0) is 0 Å². The molecule has 0 unspecified atom stereocenters. The second-order valence-corrected chi connectivity index (χ2v) is 2.52. The highest BCUT2D eigenvalue weighted by molar-refractivity contribution is 6.30. The fraction of sp³-hybridized carbons (Fsp3) is 0.500. The molecule has 0 bridgehead atoms. The normalized spacial score (nSPS) is 10.7. The maximum absolute atomic E-state index is 5.62.